The van der Waals surface area contributed by atoms with Crippen LogP contribution in [-0.4, -0.2) is 19.9 Å². The second-order valence-corrected chi connectivity index (χ2v) is 12.9. The molecule has 0 unspecified atom stereocenters. The molecule has 0 atom stereocenters. The minimum atomic E-state index is -0.0516. The highest BCUT2D eigenvalue weighted by Crippen LogP contribution is 2.49. The third-order valence-electron chi connectivity index (χ3n) is 9.21. The first-order valence-electron chi connectivity index (χ1n) is 16.1. The van der Waals surface area contributed by atoms with Gasteiger partial charge in [-0.15, -0.1) is 0 Å². The molecule has 47 heavy (non-hydrogen) atoms. The lowest BCUT2D eigenvalue weighted by Crippen LogP contribution is -2.14. The van der Waals surface area contributed by atoms with Crippen LogP contribution in [0.3, 0.4) is 0 Å². The molecule has 0 aliphatic heterocycles. The number of aryl methyl sites for hydroxylation is 2. The molecule has 2 heterocycles. The van der Waals surface area contributed by atoms with Crippen molar-refractivity contribution >= 4 is 0 Å². The smallest absolute Gasteiger partial charge is 0.160 e. The third kappa shape index (κ3) is 5.22. The van der Waals surface area contributed by atoms with E-state index in [0.717, 1.165) is 56.2 Å². The molecule has 0 N–H and O–H groups in total. The number of benzene rings is 5. The summed E-state index contributed by atoms with van der Waals surface area (Å²) in [5.41, 5.74) is 15.0. The van der Waals surface area contributed by atoms with Crippen LogP contribution in [0.5, 0.6) is 0 Å². The lowest BCUT2D eigenvalue weighted by Gasteiger charge is -2.21. The predicted molar refractivity (Wildman–Crippen MR) is 192 cm³/mol. The average molecular weight is 607 g/mol. The standard InChI is InChI=1S/C43H34N4/c1-27-21-28(2)45-41(44-27)33-22-32(31-19-20-38-36(25-31)35-17-11-12-18-37(35)43(38,3)4)23-34(24-33)42-46-39(29-13-7-5-8-14-29)26-40(47-42)30-15-9-6-10-16-30/h5-26H,1-4H3. The summed E-state index contributed by atoms with van der Waals surface area (Å²) < 4.78 is 0. The van der Waals surface area contributed by atoms with Gasteiger partial charge in [-0.05, 0) is 83.6 Å². The lowest BCUT2D eigenvalue weighted by molar-refractivity contribution is 0.660. The van der Waals surface area contributed by atoms with Gasteiger partial charge in [0.25, 0.3) is 0 Å². The Hall–Kier alpha value is -5.74. The Kier molecular flexibility index (Phi) is 6.87. The topological polar surface area (TPSA) is 51.6 Å². The number of rotatable bonds is 5. The summed E-state index contributed by atoms with van der Waals surface area (Å²) in [6, 6.07) is 46.9. The quantitative estimate of drug-likeness (QED) is 0.196. The first-order chi connectivity index (χ1) is 22.8. The van der Waals surface area contributed by atoms with Crippen molar-refractivity contribution in [3.63, 3.8) is 0 Å². The van der Waals surface area contributed by atoms with E-state index in [2.05, 4.69) is 105 Å². The Morgan fingerprint density at radius 1 is 0.383 bits per heavy atom. The molecule has 0 amide bonds. The highest BCUT2D eigenvalue weighted by atomic mass is 14.9. The van der Waals surface area contributed by atoms with Crippen LogP contribution in [0.1, 0.15) is 36.4 Å². The predicted octanol–water partition coefficient (Wildman–Crippen LogP) is 10.5. The Balaban J connectivity index is 1.36. The molecule has 0 spiro atoms. The van der Waals surface area contributed by atoms with E-state index in [0.29, 0.717) is 11.6 Å². The van der Waals surface area contributed by atoms with Crippen LogP contribution in [0.2, 0.25) is 0 Å². The van der Waals surface area contributed by atoms with Crippen LogP contribution in [0.4, 0.5) is 0 Å². The maximum Gasteiger partial charge on any atom is 0.160 e. The van der Waals surface area contributed by atoms with Gasteiger partial charge < -0.3 is 0 Å². The van der Waals surface area contributed by atoms with E-state index in [1.54, 1.807) is 0 Å². The van der Waals surface area contributed by atoms with Gasteiger partial charge in [-0.1, -0.05) is 111 Å². The molecule has 1 aliphatic rings. The number of nitrogens with zero attached hydrogens (tertiary/aromatic N) is 4. The number of hydrogen-bond donors (Lipinski definition) is 0. The normalized spacial score (nSPS) is 12.9. The largest absolute Gasteiger partial charge is 0.233 e. The zero-order chi connectivity index (χ0) is 32.1. The van der Waals surface area contributed by atoms with Gasteiger partial charge in [0.05, 0.1) is 11.4 Å². The van der Waals surface area contributed by atoms with Crippen LogP contribution in [-0.2, 0) is 5.41 Å². The molecule has 0 bridgehead atoms. The van der Waals surface area contributed by atoms with Gasteiger partial charge >= 0.3 is 0 Å². The molecule has 0 saturated heterocycles. The van der Waals surface area contributed by atoms with Crippen molar-refractivity contribution < 1.29 is 0 Å². The fourth-order valence-corrected chi connectivity index (χ4v) is 6.90. The second kappa shape index (κ2) is 11.3. The molecule has 226 valence electrons. The summed E-state index contributed by atoms with van der Waals surface area (Å²) in [6.07, 6.45) is 0. The minimum absolute atomic E-state index is 0.0516. The van der Waals surface area contributed by atoms with Crippen molar-refractivity contribution in [1.29, 1.82) is 0 Å². The summed E-state index contributed by atoms with van der Waals surface area (Å²) in [5.74, 6) is 1.35. The number of hydrogen-bond acceptors (Lipinski definition) is 4. The third-order valence-corrected chi connectivity index (χ3v) is 9.21. The van der Waals surface area contributed by atoms with Crippen LogP contribution < -0.4 is 0 Å². The molecular weight excluding hydrogens is 573 g/mol. The monoisotopic (exact) mass is 606 g/mol. The molecule has 0 fully saturated rings. The van der Waals surface area contributed by atoms with E-state index in [4.69, 9.17) is 19.9 Å². The van der Waals surface area contributed by atoms with Crippen LogP contribution in [0, 0.1) is 13.8 Å². The molecule has 4 heteroatoms. The molecule has 2 aromatic heterocycles. The van der Waals surface area contributed by atoms with Gasteiger partial charge in [-0.3, -0.25) is 0 Å². The van der Waals surface area contributed by atoms with E-state index >= 15 is 0 Å². The molecule has 0 radical (unpaired) electrons. The first-order valence-corrected chi connectivity index (χ1v) is 16.1. The summed E-state index contributed by atoms with van der Waals surface area (Å²) in [5, 5.41) is 0. The Bertz CT molecular complexity index is 2210. The fourth-order valence-electron chi connectivity index (χ4n) is 6.90. The average Bonchev–Trinajstić information content (AvgIpc) is 3.34. The van der Waals surface area contributed by atoms with Crippen molar-refractivity contribution in [3.8, 4) is 67.5 Å². The molecule has 1 aliphatic carbocycles. The molecule has 7 aromatic rings. The van der Waals surface area contributed by atoms with E-state index in [-0.39, 0.29) is 5.41 Å². The highest BCUT2D eigenvalue weighted by molar-refractivity contribution is 5.86. The summed E-state index contributed by atoms with van der Waals surface area (Å²) in [4.78, 5) is 20.0. The second-order valence-electron chi connectivity index (χ2n) is 12.9. The lowest BCUT2D eigenvalue weighted by atomic mass is 9.82. The maximum atomic E-state index is 5.16. The zero-order valence-corrected chi connectivity index (χ0v) is 27.0. The van der Waals surface area contributed by atoms with E-state index in [9.17, 15) is 0 Å². The summed E-state index contributed by atoms with van der Waals surface area (Å²) in [7, 11) is 0. The molecule has 5 aromatic carbocycles. The SMILES string of the molecule is Cc1cc(C)nc(-c2cc(-c3ccc4c(c3)-c3ccccc3C4(C)C)cc(-c3nc(-c4ccccc4)cc(-c4ccccc4)n3)c2)n1. The Morgan fingerprint density at radius 3 is 1.51 bits per heavy atom. The van der Waals surface area contributed by atoms with Crippen LogP contribution in [0.15, 0.2) is 133 Å². The molecular formula is C43H34N4. The summed E-state index contributed by atoms with van der Waals surface area (Å²) in [6.45, 7) is 8.66. The molecule has 4 nitrogen and oxygen atoms in total. The fraction of sp³-hybridized carbons (Fsp3) is 0.116. The van der Waals surface area contributed by atoms with Gasteiger partial charge in [0.2, 0.25) is 0 Å². The van der Waals surface area contributed by atoms with Gasteiger partial charge in [0.15, 0.2) is 11.6 Å². The van der Waals surface area contributed by atoms with Crippen molar-refractivity contribution in [2.45, 2.75) is 33.1 Å². The van der Waals surface area contributed by atoms with Crippen LogP contribution in [0.25, 0.3) is 67.5 Å². The first kappa shape index (κ1) is 28.7. The molecule has 0 saturated carbocycles. The van der Waals surface area contributed by atoms with E-state index in [1.807, 2.05) is 56.3 Å². The van der Waals surface area contributed by atoms with Crippen molar-refractivity contribution in [1.82, 2.24) is 19.9 Å². The number of fused-ring (bicyclic) bond motifs is 3. The van der Waals surface area contributed by atoms with Gasteiger partial charge in [0.1, 0.15) is 0 Å². The zero-order valence-electron chi connectivity index (χ0n) is 27.0. The number of aromatic nitrogens is 4. The molecule has 8 rings (SSSR count). The van der Waals surface area contributed by atoms with Crippen molar-refractivity contribution in [2.75, 3.05) is 0 Å². The van der Waals surface area contributed by atoms with Crippen molar-refractivity contribution in [2.24, 2.45) is 0 Å². The van der Waals surface area contributed by atoms with Gasteiger partial charge in [-0.2, -0.15) is 0 Å². The maximum absolute atomic E-state index is 5.16. The Morgan fingerprint density at radius 2 is 0.894 bits per heavy atom. The minimum Gasteiger partial charge on any atom is -0.233 e. The Labute approximate surface area is 275 Å². The van der Waals surface area contributed by atoms with E-state index in [1.165, 1.54) is 22.3 Å². The van der Waals surface area contributed by atoms with Gasteiger partial charge in [0, 0.05) is 39.1 Å². The van der Waals surface area contributed by atoms with Crippen LogP contribution >= 0.6 is 0 Å². The highest BCUT2D eigenvalue weighted by Gasteiger charge is 2.35. The summed E-state index contributed by atoms with van der Waals surface area (Å²) >= 11 is 0. The van der Waals surface area contributed by atoms with Gasteiger partial charge in [-0.25, -0.2) is 19.9 Å². The van der Waals surface area contributed by atoms with Crippen molar-refractivity contribution in [3.05, 3.63) is 156 Å². The van der Waals surface area contributed by atoms with E-state index < -0.39 is 0 Å².